The molecule has 0 aromatic rings. The average Bonchev–Trinajstić information content (AvgIpc) is 2.15. The molecule has 0 atom stereocenters. The lowest BCUT2D eigenvalue weighted by Crippen LogP contribution is -2.82. The molecule has 5 nitrogen and oxygen atoms in total. The van der Waals surface area contributed by atoms with Gasteiger partial charge in [0, 0.05) is 23.9 Å². The molecule has 9 heteroatoms. The number of carbonyl (C=O) groups excluding carboxylic acids is 1. The molecule has 4 saturated carbocycles. The molecular formula is C12H18ClF3N2O3. The molecular weight excluding hydrogens is 313 g/mol. The fourth-order valence-corrected chi connectivity index (χ4v) is 3.46. The van der Waals surface area contributed by atoms with Gasteiger partial charge in [-0.15, -0.1) is 25.6 Å². The van der Waals surface area contributed by atoms with E-state index in [9.17, 15) is 18.0 Å². The lowest BCUT2D eigenvalue weighted by atomic mass is 9.44. The van der Waals surface area contributed by atoms with E-state index in [0.717, 1.165) is 19.3 Å². The first kappa shape index (κ1) is 16.8. The second kappa shape index (κ2) is 5.26. The molecule has 2 bridgehead atoms. The highest BCUT2D eigenvalue weighted by Crippen LogP contribution is 2.58. The molecule has 21 heavy (non-hydrogen) atoms. The first-order chi connectivity index (χ1) is 9.17. The maximum Gasteiger partial charge on any atom is 0.522 e. The van der Waals surface area contributed by atoms with Gasteiger partial charge in [-0.05, 0) is 19.3 Å². The van der Waals surface area contributed by atoms with E-state index >= 15 is 0 Å². The number of alkyl halides is 3. The smallest absolute Gasteiger partial charge is 0.368 e. The lowest BCUT2D eigenvalue weighted by Gasteiger charge is -2.68. The number of nitrogens with two attached hydrogens (primary N) is 1. The van der Waals surface area contributed by atoms with Crippen molar-refractivity contribution in [3.05, 3.63) is 0 Å². The van der Waals surface area contributed by atoms with Crippen molar-refractivity contribution < 1.29 is 27.4 Å². The molecule has 0 aromatic carbocycles. The summed E-state index contributed by atoms with van der Waals surface area (Å²) in [4.78, 5) is 11.6. The van der Waals surface area contributed by atoms with Crippen LogP contribution in [0.4, 0.5) is 13.2 Å². The van der Waals surface area contributed by atoms with Crippen LogP contribution in [-0.2, 0) is 14.3 Å². The van der Waals surface area contributed by atoms with E-state index < -0.39 is 12.5 Å². The summed E-state index contributed by atoms with van der Waals surface area (Å²) in [5.74, 6) is -0.230. The van der Waals surface area contributed by atoms with Crippen molar-refractivity contribution in [3.8, 4) is 0 Å². The molecule has 0 spiro atoms. The summed E-state index contributed by atoms with van der Waals surface area (Å²) >= 11 is 0. The van der Waals surface area contributed by atoms with Gasteiger partial charge in [0.25, 0.3) is 0 Å². The number of hydrogen-bond acceptors (Lipinski definition) is 4. The predicted molar refractivity (Wildman–Crippen MR) is 68.8 cm³/mol. The molecule has 0 heterocycles. The Morgan fingerprint density at radius 1 is 1.24 bits per heavy atom. The minimum absolute atomic E-state index is 0. The Morgan fingerprint density at radius 2 is 1.81 bits per heavy atom. The highest BCUT2D eigenvalue weighted by atomic mass is 35.5. The molecule has 0 aromatic heterocycles. The Kier molecular flexibility index (Phi) is 4.20. The van der Waals surface area contributed by atoms with Gasteiger partial charge in [0.1, 0.15) is 6.61 Å². The van der Waals surface area contributed by atoms with Crippen LogP contribution in [0.1, 0.15) is 32.1 Å². The van der Waals surface area contributed by atoms with E-state index in [2.05, 4.69) is 10.1 Å². The monoisotopic (exact) mass is 330 g/mol. The van der Waals surface area contributed by atoms with Crippen molar-refractivity contribution in [3.63, 3.8) is 0 Å². The highest BCUT2D eigenvalue weighted by Gasteiger charge is 2.66. The van der Waals surface area contributed by atoms with Crippen molar-refractivity contribution in [1.82, 2.24) is 5.32 Å². The second-order valence-corrected chi connectivity index (χ2v) is 6.31. The molecule has 4 aliphatic carbocycles. The summed E-state index contributed by atoms with van der Waals surface area (Å²) in [5, 5.41) is 2.88. The molecule has 0 aliphatic heterocycles. The van der Waals surface area contributed by atoms with Gasteiger partial charge in [-0.2, -0.15) is 0 Å². The maximum atomic E-state index is 11.9. The van der Waals surface area contributed by atoms with Crippen LogP contribution in [0.15, 0.2) is 0 Å². The average molecular weight is 331 g/mol. The normalized spacial score (nSPS) is 40.2. The Labute approximate surface area is 126 Å². The number of hydrogen-bond donors (Lipinski definition) is 2. The fraction of sp³-hybridized carbons (Fsp3) is 0.917. The van der Waals surface area contributed by atoms with E-state index in [1.54, 1.807) is 0 Å². The Balaban J connectivity index is 0.00000161. The Hall–Kier alpha value is -0.570. The van der Waals surface area contributed by atoms with Gasteiger partial charge in [-0.1, -0.05) is 0 Å². The van der Waals surface area contributed by atoms with Crippen molar-refractivity contribution in [2.75, 3.05) is 6.61 Å². The van der Waals surface area contributed by atoms with Crippen molar-refractivity contribution in [2.45, 2.75) is 61.8 Å². The van der Waals surface area contributed by atoms with Gasteiger partial charge in [-0.25, -0.2) is 0 Å². The SMILES string of the molecule is Cl.NC12CC(NC(=O)COC3CC(OC(F)(F)F)C3)(C1)C2. The van der Waals surface area contributed by atoms with E-state index in [0.29, 0.717) is 0 Å². The minimum atomic E-state index is -4.60. The van der Waals surface area contributed by atoms with E-state index in [-0.39, 0.29) is 54.9 Å². The van der Waals surface area contributed by atoms with Gasteiger partial charge in [0.05, 0.1) is 12.2 Å². The van der Waals surface area contributed by atoms with Gasteiger partial charge in [-0.3, -0.25) is 9.53 Å². The largest absolute Gasteiger partial charge is 0.522 e. The molecule has 4 fully saturated rings. The highest BCUT2D eigenvalue weighted by molar-refractivity contribution is 5.85. The first-order valence-electron chi connectivity index (χ1n) is 6.63. The standard InChI is InChI=1S/C12H17F3N2O3.ClH/c13-12(14,15)20-8-1-7(2-8)19-3-9(18)17-11-4-10(16,5-11)6-11;/h7-8H,1-6,16H2,(H,17,18);1H. The molecule has 4 aliphatic rings. The van der Waals surface area contributed by atoms with Crippen LogP contribution in [0.25, 0.3) is 0 Å². The molecule has 0 saturated heterocycles. The zero-order valence-electron chi connectivity index (χ0n) is 11.2. The lowest BCUT2D eigenvalue weighted by molar-refractivity contribution is -0.357. The molecule has 1 amide bonds. The summed E-state index contributed by atoms with van der Waals surface area (Å²) in [6, 6.07) is 0. The number of rotatable bonds is 5. The molecule has 0 radical (unpaired) electrons. The van der Waals surface area contributed by atoms with Crippen molar-refractivity contribution in [2.24, 2.45) is 5.73 Å². The van der Waals surface area contributed by atoms with Crippen LogP contribution in [-0.4, -0.2) is 42.2 Å². The predicted octanol–water partition coefficient (Wildman–Crippen LogP) is 1.24. The van der Waals surface area contributed by atoms with Crippen LogP contribution < -0.4 is 11.1 Å². The van der Waals surface area contributed by atoms with E-state index in [1.807, 2.05) is 0 Å². The van der Waals surface area contributed by atoms with E-state index in [4.69, 9.17) is 10.5 Å². The third-order valence-electron chi connectivity index (χ3n) is 4.28. The van der Waals surface area contributed by atoms with Crippen LogP contribution in [0.5, 0.6) is 0 Å². The van der Waals surface area contributed by atoms with Gasteiger partial charge in [0.15, 0.2) is 0 Å². The zero-order valence-corrected chi connectivity index (χ0v) is 12.1. The van der Waals surface area contributed by atoms with Gasteiger partial charge in [0.2, 0.25) is 5.91 Å². The number of ether oxygens (including phenoxy) is 2. The molecule has 0 unspecified atom stereocenters. The fourth-order valence-electron chi connectivity index (χ4n) is 3.46. The summed E-state index contributed by atoms with van der Waals surface area (Å²) in [6.45, 7) is -0.122. The summed E-state index contributed by atoms with van der Waals surface area (Å²) in [6.07, 6.45) is -3.03. The molecule has 122 valence electrons. The van der Waals surface area contributed by atoms with Crippen molar-refractivity contribution >= 4 is 18.3 Å². The third kappa shape index (κ3) is 3.61. The van der Waals surface area contributed by atoms with Crippen LogP contribution in [0, 0.1) is 0 Å². The minimum Gasteiger partial charge on any atom is -0.368 e. The number of amides is 1. The topological polar surface area (TPSA) is 73.6 Å². The summed E-state index contributed by atoms with van der Waals surface area (Å²) in [7, 11) is 0. The third-order valence-corrected chi connectivity index (χ3v) is 4.28. The number of halogens is 4. The van der Waals surface area contributed by atoms with Crippen molar-refractivity contribution in [1.29, 1.82) is 0 Å². The quantitative estimate of drug-likeness (QED) is 0.795. The first-order valence-corrected chi connectivity index (χ1v) is 6.63. The summed E-state index contributed by atoms with van der Waals surface area (Å²) in [5.41, 5.74) is 5.66. The maximum absolute atomic E-state index is 11.9. The summed E-state index contributed by atoms with van der Waals surface area (Å²) < 4.78 is 44.8. The molecule has 4 rings (SSSR count). The number of nitrogens with one attached hydrogen (secondary N) is 1. The van der Waals surface area contributed by atoms with Gasteiger partial charge < -0.3 is 15.8 Å². The van der Waals surface area contributed by atoms with Gasteiger partial charge >= 0.3 is 6.36 Å². The van der Waals surface area contributed by atoms with Crippen LogP contribution in [0.2, 0.25) is 0 Å². The van der Waals surface area contributed by atoms with Crippen LogP contribution in [0.3, 0.4) is 0 Å². The van der Waals surface area contributed by atoms with Crippen LogP contribution >= 0.6 is 12.4 Å². The Morgan fingerprint density at radius 3 is 2.29 bits per heavy atom. The number of carbonyl (C=O) groups is 1. The van der Waals surface area contributed by atoms with E-state index in [1.165, 1.54) is 0 Å². The zero-order chi connectivity index (χ0) is 14.6. The Bertz CT molecular complexity index is 407. The second-order valence-electron chi connectivity index (χ2n) is 6.31. The molecule has 3 N–H and O–H groups in total.